The molecule has 1 saturated heterocycles. The number of nitrogens with zero attached hydrogens (tertiary/aromatic N) is 2. The lowest BCUT2D eigenvalue weighted by atomic mass is 9.80. The zero-order valence-electron chi connectivity index (χ0n) is 16.9. The molecule has 150 valence electrons. The molecule has 0 radical (unpaired) electrons. The van der Waals surface area contributed by atoms with Gasteiger partial charge in [-0.25, -0.2) is 5.01 Å². The molecule has 26 heavy (non-hydrogen) atoms. The maximum atomic E-state index is 11.8. The van der Waals surface area contributed by atoms with Crippen LogP contribution < -0.4 is 10.7 Å². The minimum absolute atomic E-state index is 0.0138. The van der Waals surface area contributed by atoms with Crippen LogP contribution in [0.3, 0.4) is 0 Å². The molecule has 3 N–H and O–H groups in total. The zero-order valence-corrected chi connectivity index (χ0v) is 16.9. The van der Waals surface area contributed by atoms with E-state index in [-0.39, 0.29) is 18.0 Å². The second-order valence-electron chi connectivity index (χ2n) is 8.28. The van der Waals surface area contributed by atoms with E-state index in [1.807, 2.05) is 7.05 Å². The summed E-state index contributed by atoms with van der Waals surface area (Å²) >= 11 is 0. The van der Waals surface area contributed by atoms with E-state index >= 15 is 0 Å². The van der Waals surface area contributed by atoms with Crippen LogP contribution in [0.15, 0.2) is 0 Å². The Hall–Kier alpha value is -1.18. The van der Waals surface area contributed by atoms with Crippen LogP contribution in [0.2, 0.25) is 0 Å². The third-order valence-corrected chi connectivity index (χ3v) is 6.43. The van der Waals surface area contributed by atoms with E-state index in [1.54, 1.807) is 0 Å². The normalized spacial score (nSPS) is 35.6. The van der Waals surface area contributed by atoms with Crippen LogP contribution in [0.1, 0.15) is 52.9 Å². The molecule has 1 aliphatic heterocycles. The van der Waals surface area contributed by atoms with Gasteiger partial charge in [0.1, 0.15) is 0 Å². The van der Waals surface area contributed by atoms with Crippen molar-refractivity contribution in [3.63, 3.8) is 0 Å². The summed E-state index contributed by atoms with van der Waals surface area (Å²) in [5, 5.41) is 14.7. The smallest absolute Gasteiger partial charge is 0.308 e. The minimum atomic E-state index is -0.749. The third kappa shape index (κ3) is 5.18. The van der Waals surface area contributed by atoms with Crippen LogP contribution in [0.25, 0.3) is 0 Å². The first-order valence-electron chi connectivity index (χ1n) is 9.89. The number of hydrogen-bond acceptors (Lipinski definition) is 5. The third-order valence-electron chi connectivity index (χ3n) is 6.43. The molecule has 0 aromatic carbocycles. The zero-order chi connectivity index (χ0) is 19.4. The molecule has 0 aromatic heterocycles. The molecule has 6 unspecified atom stereocenters. The van der Waals surface area contributed by atoms with Gasteiger partial charge >= 0.3 is 5.97 Å². The molecule has 1 saturated carbocycles. The monoisotopic (exact) mass is 368 g/mol. The maximum Gasteiger partial charge on any atom is 0.308 e. The van der Waals surface area contributed by atoms with E-state index in [0.717, 1.165) is 32.2 Å². The summed E-state index contributed by atoms with van der Waals surface area (Å²) in [5.74, 6) is -0.619. The van der Waals surface area contributed by atoms with Gasteiger partial charge < -0.3 is 15.3 Å². The fourth-order valence-corrected chi connectivity index (χ4v) is 4.84. The molecule has 1 aliphatic carbocycles. The van der Waals surface area contributed by atoms with E-state index in [2.05, 4.69) is 41.5 Å². The summed E-state index contributed by atoms with van der Waals surface area (Å²) in [7, 11) is 4.14. The fraction of sp³-hybridized carbons (Fsp3) is 0.895. The van der Waals surface area contributed by atoms with Gasteiger partial charge in [-0.1, -0.05) is 0 Å². The average molecular weight is 369 g/mol. The molecule has 2 aliphatic rings. The molecular formula is C19H36N4O3. The summed E-state index contributed by atoms with van der Waals surface area (Å²) in [5.41, 5.74) is 3.47. The van der Waals surface area contributed by atoms with Crippen molar-refractivity contribution in [3.8, 4) is 0 Å². The van der Waals surface area contributed by atoms with Crippen molar-refractivity contribution < 1.29 is 14.7 Å². The SMILES string of the molecule is CC(=O)NC1CCC(N(C)CCCC2C(C)NN(C)C2C)C(C(=O)O)C1. The number of carbonyl (C=O) groups excluding carboxylic acids is 1. The summed E-state index contributed by atoms with van der Waals surface area (Å²) in [6, 6.07) is 1.05. The van der Waals surface area contributed by atoms with Crippen LogP contribution in [0, 0.1) is 11.8 Å². The molecule has 2 rings (SSSR count). The van der Waals surface area contributed by atoms with Crippen molar-refractivity contribution in [2.45, 2.75) is 77.0 Å². The van der Waals surface area contributed by atoms with Gasteiger partial charge in [0.2, 0.25) is 5.91 Å². The number of aliphatic carboxylic acids is 1. The Morgan fingerprint density at radius 1 is 1.31 bits per heavy atom. The molecule has 6 atom stereocenters. The molecule has 7 nitrogen and oxygen atoms in total. The van der Waals surface area contributed by atoms with Crippen LogP contribution in [0.5, 0.6) is 0 Å². The first-order valence-corrected chi connectivity index (χ1v) is 9.89. The largest absolute Gasteiger partial charge is 0.481 e. The van der Waals surface area contributed by atoms with Crippen molar-refractivity contribution in [2.24, 2.45) is 11.8 Å². The van der Waals surface area contributed by atoms with E-state index in [0.29, 0.717) is 24.4 Å². The second kappa shape index (κ2) is 9.15. The number of hydrazine groups is 1. The molecule has 0 spiro atoms. The number of carboxylic acid groups (broad SMARTS) is 1. The van der Waals surface area contributed by atoms with Gasteiger partial charge in [-0.05, 0) is 65.5 Å². The standard InChI is InChI=1S/C19H36N4O3/c1-12-16(13(2)23(5)21-12)7-6-10-22(4)18-9-8-15(20-14(3)24)11-17(18)19(25)26/h12-13,15-18,21H,6-11H2,1-5H3,(H,20,24)(H,25,26). The van der Waals surface area contributed by atoms with Crippen molar-refractivity contribution in [3.05, 3.63) is 0 Å². The maximum absolute atomic E-state index is 11.8. The van der Waals surface area contributed by atoms with Gasteiger partial charge in [0.25, 0.3) is 0 Å². The molecule has 1 heterocycles. The quantitative estimate of drug-likeness (QED) is 0.628. The van der Waals surface area contributed by atoms with E-state index in [4.69, 9.17) is 0 Å². The highest BCUT2D eigenvalue weighted by Crippen LogP contribution is 2.30. The van der Waals surface area contributed by atoms with Gasteiger partial charge in [-0.3, -0.25) is 15.0 Å². The van der Waals surface area contributed by atoms with Crippen molar-refractivity contribution in [1.82, 2.24) is 20.7 Å². The van der Waals surface area contributed by atoms with Gasteiger partial charge in [0.15, 0.2) is 0 Å². The van der Waals surface area contributed by atoms with Crippen LogP contribution in [0.4, 0.5) is 0 Å². The predicted molar refractivity (Wildman–Crippen MR) is 102 cm³/mol. The first-order chi connectivity index (χ1) is 12.2. The summed E-state index contributed by atoms with van der Waals surface area (Å²) in [4.78, 5) is 25.2. The Labute approximate surface area is 157 Å². The van der Waals surface area contributed by atoms with Gasteiger partial charge in [-0.15, -0.1) is 0 Å². The molecule has 0 bridgehead atoms. The van der Waals surface area contributed by atoms with Crippen molar-refractivity contribution in [2.75, 3.05) is 20.6 Å². The predicted octanol–water partition coefficient (Wildman–Crippen LogP) is 1.30. The Bertz CT molecular complexity index is 501. The van der Waals surface area contributed by atoms with Crippen molar-refractivity contribution >= 4 is 11.9 Å². The molecule has 7 heteroatoms. The fourth-order valence-electron chi connectivity index (χ4n) is 4.84. The van der Waals surface area contributed by atoms with Crippen LogP contribution in [-0.2, 0) is 9.59 Å². The summed E-state index contributed by atoms with van der Waals surface area (Å²) < 4.78 is 0. The summed E-state index contributed by atoms with van der Waals surface area (Å²) in [6.07, 6.45) is 4.41. The topological polar surface area (TPSA) is 84.9 Å². The van der Waals surface area contributed by atoms with Crippen LogP contribution >= 0.6 is 0 Å². The number of carbonyl (C=O) groups is 2. The number of hydrogen-bond donors (Lipinski definition) is 3. The lowest BCUT2D eigenvalue weighted by Crippen LogP contribution is -2.50. The number of amides is 1. The van der Waals surface area contributed by atoms with E-state index in [1.165, 1.54) is 6.92 Å². The van der Waals surface area contributed by atoms with Gasteiger partial charge in [-0.2, -0.15) is 0 Å². The van der Waals surface area contributed by atoms with Crippen LogP contribution in [-0.4, -0.2) is 71.7 Å². The average Bonchev–Trinajstić information content (AvgIpc) is 2.80. The molecule has 2 fully saturated rings. The van der Waals surface area contributed by atoms with E-state index in [9.17, 15) is 14.7 Å². The lowest BCUT2D eigenvalue weighted by Gasteiger charge is -2.39. The summed E-state index contributed by atoms with van der Waals surface area (Å²) in [6.45, 7) is 6.90. The number of rotatable bonds is 7. The van der Waals surface area contributed by atoms with Gasteiger partial charge in [0, 0.05) is 38.1 Å². The molecule has 0 aromatic rings. The van der Waals surface area contributed by atoms with E-state index < -0.39 is 11.9 Å². The molecule has 1 amide bonds. The Balaban J connectivity index is 1.84. The highest BCUT2D eigenvalue weighted by molar-refractivity contribution is 5.74. The minimum Gasteiger partial charge on any atom is -0.481 e. The van der Waals surface area contributed by atoms with Crippen molar-refractivity contribution in [1.29, 1.82) is 0 Å². The molecular weight excluding hydrogens is 332 g/mol. The Morgan fingerprint density at radius 2 is 2.00 bits per heavy atom. The second-order valence-corrected chi connectivity index (χ2v) is 8.28. The lowest BCUT2D eigenvalue weighted by molar-refractivity contribution is -0.146. The highest BCUT2D eigenvalue weighted by atomic mass is 16.4. The number of carboxylic acids is 1. The van der Waals surface area contributed by atoms with Gasteiger partial charge in [0.05, 0.1) is 5.92 Å². The first kappa shape index (κ1) is 21.1. The number of nitrogens with one attached hydrogen (secondary N) is 2. The Morgan fingerprint density at radius 3 is 2.54 bits per heavy atom. The highest BCUT2D eigenvalue weighted by Gasteiger charge is 2.38. The Kier molecular flexibility index (Phi) is 7.43.